The van der Waals surface area contributed by atoms with E-state index in [0.717, 1.165) is 11.3 Å². The Labute approximate surface area is 129 Å². The Balaban J connectivity index is 2.02. The molecule has 1 amide bonds. The smallest absolute Gasteiger partial charge is 0.283 e. The number of benzene rings is 1. The molecular formula is C14H13FN2O4S. The maximum absolute atomic E-state index is 13.5. The number of nitro groups is 1. The van der Waals surface area contributed by atoms with E-state index in [0.29, 0.717) is 4.88 Å². The molecule has 0 saturated heterocycles. The normalized spacial score (nSPS) is 12.0. The van der Waals surface area contributed by atoms with Gasteiger partial charge in [-0.2, -0.15) is 0 Å². The van der Waals surface area contributed by atoms with Crippen molar-refractivity contribution in [3.05, 3.63) is 61.6 Å². The van der Waals surface area contributed by atoms with E-state index in [1.807, 2.05) is 0 Å². The van der Waals surface area contributed by atoms with Crippen LogP contribution in [0.15, 0.2) is 30.3 Å². The zero-order chi connectivity index (χ0) is 16.3. The Kier molecular flexibility index (Phi) is 4.84. The molecule has 0 fully saturated rings. The molecule has 8 heteroatoms. The fourth-order valence-electron chi connectivity index (χ4n) is 1.90. The molecule has 0 saturated carbocycles. The van der Waals surface area contributed by atoms with E-state index in [2.05, 4.69) is 5.32 Å². The van der Waals surface area contributed by atoms with E-state index in [9.17, 15) is 24.4 Å². The molecule has 0 spiro atoms. The summed E-state index contributed by atoms with van der Waals surface area (Å²) in [6.45, 7) is 1.36. The van der Waals surface area contributed by atoms with Crippen LogP contribution in [0.3, 0.4) is 0 Å². The van der Waals surface area contributed by atoms with Crippen LogP contribution in [0.5, 0.6) is 0 Å². The summed E-state index contributed by atoms with van der Waals surface area (Å²) in [6, 6.07) is 6.90. The van der Waals surface area contributed by atoms with Crippen LogP contribution in [-0.4, -0.2) is 22.5 Å². The van der Waals surface area contributed by atoms with Gasteiger partial charge in [0.05, 0.1) is 20.8 Å². The lowest BCUT2D eigenvalue weighted by Gasteiger charge is -2.12. The highest BCUT2D eigenvalue weighted by Gasteiger charge is 2.20. The summed E-state index contributed by atoms with van der Waals surface area (Å²) in [4.78, 5) is 22.7. The third-order valence-corrected chi connectivity index (χ3v) is 4.07. The van der Waals surface area contributed by atoms with Gasteiger partial charge >= 0.3 is 0 Å². The number of thiophene rings is 1. The molecule has 1 heterocycles. The summed E-state index contributed by atoms with van der Waals surface area (Å²) in [5, 5.41) is 23.1. The summed E-state index contributed by atoms with van der Waals surface area (Å²) in [5.74, 6) is -1.11. The van der Waals surface area contributed by atoms with Gasteiger partial charge in [0.2, 0.25) is 0 Å². The predicted molar refractivity (Wildman–Crippen MR) is 79.4 cm³/mol. The lowest BCUT2D eigenvalue weighted by molar-refractivity contribution is -0.385. The molecule has 22 heavy (non-hydrogen) atoms. The molecule has 0 radical (unpaired) electrons. The number of nitrogens with zero attached hydrogens (tertiary/aromatic N) is 1. The maximum Gasteiger partial charge on any atom is 0.283 e. The second kappa shape index (κ2) is 6.63. The number of amides is 1. The fraction of sp³-hybridized carbons (Fsp3) is 0.214. The third kappa shape index (κ3) is 3.46. The minimum absolute atomic E-state index is 0.0798. The van der Waals surface area contributed by atoms with Gasteiger partial charge in [0.25, 0.3) is 11.6 Å². The summed E-state index contributed by atoms with van der Waals surface area (Å²) in [6.07, 6.45) is -1.19. The molecule has 1 unspecified atom stereocenters. The topological polar surface area (TPSA) is 92.5 Å². The first-order chi connectivity index (χ1) is 10.4. The SMILES string of the molecule is Cc1sc(C(=O)NCC(O)c2ccccc2F)cc1[N+](=O)[O-]. The second-order valence-electron chi connectivity index (χ2n) is 4.56. The van der Waals surface area contributed by atoms with E-state index in [4.69, 9.17) is 0 Å². The minimum Gasteiger partial charge on any atom is -0.386 e. The van der Waals surface area contributed by atoms with Gasteiger partial charge in [-0.15, -0.1) is 11.3 Å². The molecule has 2 aromatic rings. The number of carbonyl (C=O) groups is 1. The van der Waals surface area contributed by atoms with Crippen LogP contribution >= 0.6 is 11.3 Å². The second-order valence-corrected chi connectivity index (χ2v) is 5.81. The Morgan fingerprint density at radius 3 is 2.77 bits per heavy atom. The number of rotatable bonds is 5. The third-order valence-electron chi connectivity index (χ3n) is 3.03. The van der Waals surface area contributed by atoms with Gasteiger partial charge in [0.15, 0.2) is 0 Å². The highest BCUT2D eigenvalue weighted by atomic mass is 32.1. The molecular weight excluding hydrogens is 311 g/mol. The molecule has 1 aromatic heterocycles. The van der Waals surface area contributed by atoms with E-state index in [-0.39, 0.29) is 22.7 Å². The quantitative estimate of drug-likeness (QED) is 0.653. The molecule has 0 aliphatic heterocycles. The number of hydrogen-bond acceptors (Lipinski definition) is 5. The standard InChI is InChI=1S/C14H13FN2O4S/c1-8-11(17(20)21)6-13(22-8)14(19)16-7-12(18)9-4-2-3-5-10(9)15/h2-6,12,18H,7H2,1H3,(H,16,19). The number of nitrogens with one attached hydrogen (secondary N) is 1. The minimum atomic E-state index is -1.19. The van der Waals surface area contributed by atoms with Crippen molar-refractivity contribution < 1.29 is 19.2 Å². The summed E-state index contributed by atoms with van der Waals surface area (Å²) >= 11 is 0.992. The summed E-state index contributed by atoms with van der Waals surface area (Å²) < 4.78 is 13.5. The zero-order valence-electron chi connectivity index (χ0n) is 11.6. The van der Waals surface area contributed by atoms with E-state index in [1.54, 1.807) is 13.0 Å². The number of hydrogen-bond donors (Lipinski definition) is 2. The molecule has 0 bridgehead atoms. The van der Waals surface area contributed by atoms with Crippen LogP contribution in [0, 0.1) is 22.9 Å². The number of aliphatic hydroxyl groups excluding tert-OH is 1. The van der Waals surface area contributed by atoms with Crippen molar-refractivity contribution in [2.24, 2.45) is 0 Å². The van der Waals surface area contributed by atoms with Crippen molar-refractivity contribution in [3.63, 3.8) is 0 Å². The highest BCUT2D eigenvalue weighted by Crippen LogP contribution is 2.28. The number of carbonyl (C=O) groups excluding carboxylic acids is 1. The van der Waals surface area contributed by atoms with Crippen LogP contribution in [0.1, 0.15) is 26.2 Å². The Morgan fingerprint density at radius 1 is 1.50 bits per heavy atom. The first-order valence-electron chi connectivity index (χ1n) is 6.35. The van der Waals surface area contributed by atoms with E-state index in [1.165, 1.54) is 24.3 Å². The van der Waals surface area contributed by atoms with Gasteiger partial charge in [-0.05, 0) is 13.0 Å². The van der Waals surface area contributed by atoms with Crippen LogP contribution in [-0.2, 0) is 0 Å². The molecule has 0 aliphatic rings. The van der Waals surface area contributed by atoms with Crippen LogP contribution in [0.4, 0.5) is 10.1 Å². The lowest BCUT2D eigenvalue weighted by Crippen LogP contribution is -2.28. The molecule has 6 nitrogen and oxygen atoms in total. The van der Waals surface area contributed by atoms with Crippen LogP contribution < -0.4 is 5.32 Å². The number of halogens is 1. The van der Waals surface area contributed by atoms with Gasteiger partial charge in [-0.25, -0.2) is 4.39 Å². The van der Waals surface area contributed by atoms with Gasteiger partial charge in [0.1, 0.15) is 5.82 Å². The largest absolute Gasteiger partial charge is 0.386 e. The van der Waals surface area contributed by atoms with Gasteiger partial charge in [-0.3, -0.25) is 14.9 Å². The van der Waals surface area contributed by atoms with Gasteiger partial charge < -0.3 is 10.4 Å². The average molecular weight is 324 g/mol. The predicted octanol–water partition coefficient (Wildman–Crippen LogP) is 2.57. The summed E-state index contributed by atoms with van der Waals surface area (Å²) in [5.41, 5.74) is -0.0408. The Bertz CT molecular complexity index is 717. The van der Waals surface area contributed by atoms with Gasteiger partial charge in [0, 0.05) is 18.2 Å². The zero-order valence-corrected chi connectivity index (χ0v) is 12.4. The van der Waals surface area contributed by atoms with E-state index < -0.39 is 22.8 Å². The monoisotopic (exact) mass is 324 g/mol. The Morgan fingerprint density at radius 2 is 2.18 bits per heavy atom. The highest BCUT2D eigenvalue weighted by molar-refractivity contribution is 7.14. The van der Waals surface area contributed by atoms with Crippen LogP contribution in [0.25, 0.3) is 0 Å². The van der Waals surface area contributed by atoms with Crippen molar-refractivity contribution in [1.82, 2.24) is 5.32 Å². The molecule has 1 atom stereocenters. The van der Waals surface area contributed by atoms with Crippen molar-refractivity contribution in [3.8, 4) is 0 Å². The summed E-state index contributed by atoms with van der Waals surface area (Å²) in [7, 11) is 0. The fourth-order valence-corrected chi connectivity index (χ4v) is 2.80. The van der Waals surface area contributed by atoms with Crippen molar-refractivity contribution in [1.29, 1.82) is 0 Å². The number of aryl methyl sites for hydroxylation is 1. The first-order valence-corrected chi connectivity index (χ1v) is 7.17. The first kappa shape index (κ1) is 16.1. The van der Waals surface area contributed by atoms with Crippen LogP contribution in [0.2, 0.25) is 0 Å². The van der Waals surface area contributed by atoms with Crippen molar-refractivity contribution >= 4 is 22.9 Å². The van der Waals surface area contributed by atoms with Gasteiger partial charge in [-0.1, -0.05) is 18.2 Å². The lowest BCUT2D eigenvalue weighted by atomic mass is 10.1. The van der Waals surface area contributed by atoms with Crippen molar-refractivity contribution in [2.45, 2.75) is 13.0 Å². The molecule has 116 valence electrons. The van der Waals surface area contributed by atoms with Crippen molar-refractivity contribution in [2.75, 3.05) is 6.54 Å². The molecule has 2 N–H and O–H groups in total. The molecule has 0 aliphatic carbocycles. The average Bonchev–Trinajstić information content (AvgIpc) is 2.87. The molecule has 1 aromatic carbocycles. The number of aliphatic hydroxyl groups is 1. The molecule has 2 rings (SSSR count). The maximum atomic E-state index is 13.5. The van der Waals surface area contributed by atoms with E-state index >= 15 is 0 Å². The Hall–Kier alpha value is -2.32.